The maximum atomic E-state index is 5.45. The van der Waals surface area contributed by atoms with E-state index >= 15 is 0 Å². The van der Waals surface area contributed by atoms with Gasteiger partial charge in [-0.05, 0) is 25.8 Å². The summed E-state index contributed by atoms with van der Waals surface area (Å²) >= 11 is 0. The summed E-state index contributed by atoms with van der Waals surface area (Å²) in [5.41, 5.74) is 0. The van der Waals surface area contributed by atoms with Gasteiger partial charge in [-0.25, -0.2) is 0 Å². The van der Waals surface area contributed by atoms with Crippen molar-refractivity contribution in [1.82, 2.24) is 5.32 Å². The Morgan fingerprint density at radius 1 is 1.29 bits per heavy atom. The molecule has 14 heavy (non-hydrogen) atoms. The van der Waals surface area contributed by atoms with Crippen LogP contribution in [-0.4, -0.2) is 40.0 Å². The Hall–Kier alpha value is -0.120. The molecule has 0 amide bonds. The van der Waals surface area contributed by atoms with Crippen LogP contribution < -0.4 is 5.32 Å². The van der Waals surface area contributed by atoms with Crippen molar-refractivity contribution in [2.45, 2.75) is 38.8 Å². The van der Waals surface area contributed by atoms with E-state index in [-0.39, 0.29) is 0 Å². The normalized spacial score (nSPS) is 17.8. The molecular formula is C11H25NO2. The fourth-order valence-corrected chi connectivity index (χ4v) is 1.89. The molecule has 0 spiro atoms. The van der Waals surface area contributed by atoms with E-state index in [1.165, 1.54) is 0 Å². The minimum atomic E-state index is 0.298. The lowest BCUT2D eigenvalue weighted by molar-refractivity contribution is 0.0434. The summed E-state index contributed by atoms with van der Waals surface area (Å²) in [6, 6.07) is 0.417. The molecule has 0 aliphatic heterocycles. The van der Waals surface area contributed by atoms with Crippen LogP contribution in [0, 0.1) is 5.92 Å². The molecule has 0 aliphatic rings. The summed E-state index contributed by atoms with van der Waals surface area (Å²) in [5.74, 6) is 0.574. The van der Waals surface area contributed by atoms with Crippen molar-refractivity contribution in [2.75, 3.05) is 27.9 Å². The summed E-state index contributed by atoms with van der Waals surface area (Å²) in [4.78, 5) is 0. The second-order valence-corrected chi connectivity index (χ2v) is 3.76. The second-order valence-electron chi connectivity index (χ2n) is 3.76. The van der Waals surface area contributed by atoms with E-state index in [1.54, 1.807) is 14.2 Å². The summed E-state index contributed by atoms with van der Waals surface area (Å²) in [5, 5.41) is 3.33. The minimum absolute atomic E-state index is 0.298. The van der Waals surface area contributed by atoms with Crippen LogP contribution in [0.25, 0.3) is 0 Å². The predicted octanol–water partition coefficient (Wildman–Crippen LogP) is 1.67. The number of nitrogens with one attached hydrogen (secondary N) is 1. The fourth-order valence-electron chi connectivity index (χ4n) is 1.89. The Bertz CT molecular complexity index is 126. The lowest BCUT2D eigenvalue weighted by Gasteiger charge is -2.30. The van der Waals surface area contributed by atoms with Gasteiger partial charge in [-0.2, -0.15) is 0 Å². The lowest BCUT2D eigenvalue weighted by atomic mass is 9.92. The number of methoxy groups -OCH3 is 2. The summed E-state index contributed by atoms with van der Waals surface area (Å²) in [7, 11) is 5.52. The quantitative estimate of drug-likeness (QED) is 0.651. The molecule has 0 fully saturated rings. The van der Waals surface area contributed by atoms with E-state index < -0.39 is 0 Å². The van der Waals surface area contributed by atoms with Gasteiger partial charge in [0.25, 0.3) is 0 Å². The molecule has 0 saturated heterocycles. The third kappa shape index (κ3) is 4.40. The van der Waals surface area contributed by atoms with Gasteiger partial charge in [0.1, 0.15) is 0 Å². The van der Waals surface area contributed by atoms with Crippen LogP contribution in [0.3, 0.4) is 0 Å². The Morgan fingerprint density at radius 3 is 2.29 bits per heavy atom. The molecule has 0 aliphatic carbocycles. The first kappa shape index (κ1) is 13.9. The van der Waals surface area contributed by atoms with Crippen LogP contribution in [0.2, 0.25) is 0 Å². The van der Waals surface area contributed by atoms with Crippen LogP contribution in [0.15, 0.2) is 0 Å². The zero-order valence-electron chi connectivity index (χ0n) is 10.2. The molecule has 86 valence electrons. The van der Waals surface area contributed by atoms with Crippen molar-refractivity contribution >= 4 is 0 Å². The van der Waals surface area contributed by atoms with E-state index in [2.05, 4.69) is 19.2 Å². The van der Waals surface area contributed by atoms with Gasteiger partial charge in [-0.1, -0.05) is 13.8 Å². The van der Waals surface area contributed by atoms with Crippen molar-refractivity contribution in [3.8, 4) is 0 Å². The van der Waals surface area contributed by atoms with E-state index in [4.69, 9.17) is 9.47 Å². The monoisotopic (exact) mass is 203 g/mol. The molecule has 0 aromatic carbocycles. The lowest BCUT2D eigenvalue weighted by Crippen LogP contribution is -2.43. The number of ether oxygens (including phenoxy) is 2. The molecule has 0 saturated carbocycles. The first-order valence-electron chi connectivity index (χ1n) is 5.40. The van der Waals surface area contributed by atoms with Gasteiger partial charge in [0.05, 0.1) is 6.10 Å². The Balaban J connectivity index is 4.07. The molecule has 3 unspecified atom stereocenters. The zero-order chi connectivity index (χ0) is 11.0. The molecule has 3 heteroatoms. The highest BCUT2D eigenvalue weighted by molar-refractivity contribution is 4.79. The number of likely N-dealkylation sites (N-methyl/N-ethyl adjacent to an activating group) is 1. The van der Waals surface area contributed by atoms with E-state index in [9.17, 15) is 0 Å². The van der Waals surface area contributed by atoms with Crippen LogP contribution in [0.1, 0.15) is 26.7 Å². The molecule has 3 nitrogen and oxygen atoms in total. The Morgan fingerprint density at radius 2 is 1.93 bits per heavy atom. The van der Waals surface area contributed by atoms with Crippen molar-refractivity contribution < 1.29 is 9.47 Å². The standard InChI is InChI=1S/C11H25NO2/c1-6-10(14-5)11(12-3)9(2)7-8-13-4/h9-12H,6-8H2,1-5H3. The number of rotatable bonds is 8. The van der Waals surface area contributed by atoms with Crippen LogP contribution in [-0.2, 0) is 9.47 Å². The zero-order valence-corrected chi connectivity index (χ0v) is 10.2. The third-order valence-corrected chi connectivity index (χ3v) is 2.83. The molecule has 0 aromatic heterocycles. The molecule has 0 radical (unpaired) electrons. The third-order valence-electron chi connectivity index (χ3n) is 2.83. The Labute approximate surface area is 88.2 Å². The minimum Gasteiger partial charge on any atom is -0.385 e. The summed E-state index contributed by atoms with van der Waals surface area (Å²) < 4.78 is 10.5. The highest BCUT2D eigenvalue weighted by Gasteiger charge is 2.23. The number of hydrogen-bond donors (Lipinski definition) is 1. The summed E-state index contributed by atoms with van der Waals surface area (Å²) in [6.07, 6.45) is 2.41. The average Bonchev–Trinajstić information content (AvgIpc) is 2.22. The molecule has 0 bridgehead atoms. The first-order valence-corrected chi connectivity index (χ1v) is 5.40. The van der Waals surface area contributed by atoms with Crippen LogP contribution >= 0.6 is 0 Å². The molecular weight excluding hydrogens is 178 g/mol. The topological polar surface area (TPSA) is 30.5 Å². The van der Waals surface area contributed by atoms with E-state index in [1.807, 2.05) is 7.05 Å². The van der Waals surface area contributed by atoms with Gasteiger partial charge in [-0.15, -0.1) is 0 Å². The first-order chi connectivity index (χ1) is 6.71. The highest BCUT2D eigenvalue weighted by atomic mass is 16.5. The van der Waals surface area contributed by atoms with Crippen molar-refractivity contribution in [1.29, 1.82) is 0 Å². The largest absolute Gasteiger partial charge is 0.385 e. The smallest absolute Gasteiger partial charge is 0.0724 e. The second kappa shape index (κ2) is 8.21. The van der Waals surface area contributed by atoms with Crippen LogP contribution in [0.4, 0.5) is 0 Å². The summed E-state index contributed by atoms with van der Waals surface area (Å²) in [6.45, 7) is 5.21. The van der Waals surface area contributed by atoms with Crippen molar-refractivity contribution in [3.63, 3.8) is 0 Å². The molecule has 0 rings (SSSR count). The molecule has 3 atom stereocenters. The van der Waals surface area contributed by atoms with Crippen molar-refractivity contribution in [3.05, 3.63) is 0 Å². The maximum Gasteiger partial charge on any atom is 0.0724 e. The van der Waals surface area contributed by atoms with E-state index in [0.717, 1.165) is 19.4 Å². The van der Waals surface area contributed by atoms with Gasteiger partial charge < -0.3 is 14.8 Å². The van der Waals surface area contributed by atoms with Gasteiger partial charge in [0, 0.05) is 26.9 Å². The van der Waals surface area contributed by atoms with Gasteiger partial charge in [0.15, 0.2) is 0 Å². The molecule has 0 aromatic rings. The predicted molar refractivity (Wildman–Crippen MR) is 59.6 cm³/mol. The fraction of sp³-hybridized carbons (Fsp3) is 1.00. The van der Waals surface area contributed by atoms with Gasteiger partial charge >= 0.3 is 0 Å². The maximum absolute atomic E-state index is 5.45. The van der Waals surface area contributed by atoms with Gasteiger partial charge in [0.2, 0.25) is 0 Å². The molecule has 0 heterocycles. The van der Waals surface area contributed by atoms with E-state index in [0.29, 0.717) is 18.1 Å². The average molecular weight is 203 g/mol. The Kier molecular flexibility index (Phi) is 8.14. The SMILES string of the molecule is CCC(OC)C(NC)C(C)CCOC. The van der Waals surface area contributed by atoms with Crippen molar-refractivity contribution in [2.24, 2.45) is 5.92 Å². The highest BCUT2D eigenvalue weighted by Crippen LogP contribution is 2.15. The van der Waals surface area contributed by atoms with Crippen LogP contribution in [0.5, 0.6) is 0 Å². The number of hydrogen-bond acceptors (Lipinski definition) is 3. The molecule has 1 N–H and O–H groups in total. The van der Waals surface area contributed by atoms with Gasteiger partial charge in [-0.3, -0.25) is 0 Å².